The molecule has 1 fully saturated rings. The van der Waals surface area contributed by atoms with Gasteiger partial charge in [0.2, 0.25) is 11.8 Å². The SMILES string of the molecule is CCC[C@H](N)C(=O)Nc1cc(C)ccc1NC(=O)C1CCCC1. The highest BCUT2D eigenvalue weighted by molar-refractivity contribution is 6.01. The van der Waals surface area contributed by atoms with Crippen molar-refractivity contribution in [2.24, 2.45) is 11.7 Å². The summed E-state index contributed by atoms with van der Waals surface area (Å²) >= 11 is 0. The number of benzene rings is 1. The number of hydrogen-bond donors (Lipinski definition) is 3. The van der Waals surface area contributed by atoms with Crippen LogP contribution in [-0.4, -0.2) is 17.9 Å². The lowest BCUT2D eigenvalue weighted by Gasteiger charge is -2.17. The van der Waals surface area contributed by atoms with Gasteiger partial charge in [0.15, 0.2) is 0 Å². The largest absolute Gasteiger partial charge is 0.324 e. The van der Waals surface area contributed by atoms with E-state index in [0.29, 0.717) is 17.8 Å². The lowest BCUT2D eigenvalue weighted by atomic mass is 10.1. The van der Waals surface area contributed by atoms with Gasteiger partial charge in [-0.15, -0.1) is 0 Å². The quantitative estimate of drug-likeness (QED) is 0.753. The molecule has 1 atom stereocenters. The Morgan fingerprint density at radius 1 is 1.22 bits per heavy atom. The van der Waals surface area contributed by atoms with Crippen LogP contribution in [0.25, 0.3) is 0 Å². The van der Waals surface area contributed by atoms with Gasteiger partial charge in [-0.3, -0.25) is 9.59 Å². The first-order valence-electron chi connectivity index (χ1n) is 8.49. The van der Waals surface area contributed by atoms with Crippen molar-refractivity contribution >= 4 is 23.2 Å². The van der Waals surface area contributed by atoms with Crippen molar-refractivity contribution in [2.45, 2.75) is 58.4 Å². The number of aryl methyl sites for hydroxylation is 1. The fraction of sp³-hybridized carbons (Fsp3) is 0.556. The molecule has 1 saturated carbocycles. The molecule has 1 aliphatic rings. The fourth-order valence-electron chi connectivity index (χ4n) is 2.96. The van der Waals surface area contributed by atoms with Crippen LogP contribution >= 0.6 is 0 Å². The molecule has 5 nitrogen and oxygen atoms in total. The van der Waals surface area contributed by atoms with Crippen molar-refractivity contribution in [2.75, 3.05) is 10.6 Å². The molecule has 0 radical (unpaired) electrons. The van der Waals surface area contributed by atoms with Crippen LogP contribution in [0, 0.1) is 12.8 Å². The zero-order chi connectivity index (χ0) is 16.8. The molecule has 0 bridgehead atoms. The summed E-state index contributed by atoms with van der Waals surface area (Å²) < 4.78 is 0. The average Bonchev–Trinajstić information content (AvgIpc) is 3.04. The number of carbonyl (C=O) groups excluding carboxylic acids is 2. The highest BCUT2D eigenvalue weighted by atomic mass is 16.2. The molecule has 1 aromatic carbocycles. The van der Waals surface area contributed by atoms with Crippen LogP contribution in [0.5, 0.6) is 0 Å². The van der Waals surface area contributed by atoms with Crippen LogP contribution < -0.4 is 16.4 Å². The number of anilines is 2. The summed E-state index contributed by atoms with van der Waals surface area (Å²) in [5.74, 6) is -0.0873. The van der Waals surface area contributed by atoms with Crippen LogP contribution in [0.15, 0.2) is 18.2 Å². The number of nitrogens with two attached hydrogens (primary N) is 1. The van der Waals surface area contributed by atoms with Crippen molar-refractivity contribution in [3.05, 3.63) is 23.8 Å². The van der Waals surface area contributed by atoms with E-state index < -0.39 is 6.04 Å². The van der Waals surface area contributed by atoms with Crippen molar-refractivity contribution < 1.29 is 9.59 Å². The Morgan fingerprint density at radius 2 is 1.91 bits per heavy atom. The number of nitrogens with one attached hydrogen (secondary N) is 2. The third-order valence-corrected chi connectivity index (χ3v) is 4.35. The van der Waals surface area contributed by atoms with Crippen LogP contribution in [0.3, 0.4) is 0 Å². The van der Waals surface area contributed by atoms with Gasteiger partial charge in [0, 0.05) is 5.92 Å². The standard InChI is InChI=1S/C18H27N3O2/c1-3-6-14(19)18(23)21-16-11-12(2)9-10-15(16)20-17(22)13-7-4-5-8-13/h9-11,13-14H,3-8,19H2,1-2H3,(H,20,22)(H,21,23)/t14-/m0/s1. The summed E-state index contributed by atoms with van der Waals surface area (Å²) in [5, 5.41) is 5.81. The summed E-state index contributed by atoms with van der Waals surface area (Å²) in [6.07, 6.45) is 5.61. The normalized spacial score (nSPS) is 16.1. The fourth-order valence-corrected chi connectivity index (χ4v) is 2.96. The van der Waals surface area contributed by atoms with Crippen LogP contribution in [-0.2, 0) is 9.59 Å². The first-order chi connectivity index (χ1) is 11.0. The van der Waals surface area contributed by atoms with E-state index in [0.717, 1.165) is 37.7 Å². The smallest absolute Gasteiger partial charge is 0.241 e. The van der Waals surface area contributed by atoms with Crippen LogP contribution in [0.1, 0.15) is 51.0 Å². The van der Waals surface area contributed by atoms with E-state index in [1.807, 2.05) is 32.0 Å². The molecule has 0 spiro atoms. The van der Waals surface area contributed by atoms with Gasteiger partial charge >= 0.3 is 0 Å². The van der Waals surface area contributed by atoms with Crippen molar-refractivity contribution in [1.82, 2.24) is 0 Å². The predicted molar refractivity (Wildman–Crippen MR) is 93.3 cm³/mol. The molecule has 126 valence electrons. The van der Waals surface area contributed by atoms with Gasteiger partial charge in [-0.2, -0.15) is 0 Å². The van der Waals surface area contributed by atoms with Crippen molar-refractivity contribution in [3.63, 3.8) is 0 Å². The molecule has 1 aliphatic carbocycles. The van der Waals surface area contributed by atoms with E-state index in [9.17, 15) is 9.59 Å². The lowest BCUT2D eigenvalue weighted by Crippen LogP contribution is -2.35. The van der Waals surface area contributed by atoms with E-state index >= 15 is 0 Å². The molecule has 2 rings (SSSR count). The molecular formula is C18H27N3O2. The summed E-state index contributed by atoms with van der Waals surface area (Å²) in [5.41, 5.74) is 8.14. The highest BCUT2D eigenvalue weighted by Crippen LogP contribution is 2.28. The van der Waals surface area contributed by atoms with Gasteiger partial charge in [-0.05, 0) is 43.9 Å². The van der Waals surface area contributed by atoms with Gasteiger partial charge < -0.3 is 16.4 Å². The van der Waals surface area contributed by atoms with E-state index in [2.05, 4.69) is 10.6 Å². The van der Waals surface area contributed by atoms with Gasteiger partial charge in [-0.1, -0.05) is 32.3 Å². The molecule has 0 saturated heterocycles. The van der Waals surface area contributed by atoms with E-state index in [4.69, 9.17) is 5.73 Å². The lowest BCUT2D eigenvalue weighted by molar-refractivity contribution is -0.120. The number of carbonyl (C=O) groups is 2. The molecule has 5 heteroatoms. The van der Waals surface area contributed by atoms with Crippen molar-refractivity contribution in [1.29, 1.82) is 0 Å². The van der Waals surface area contributed by atoms with Gasteiger partial charge in [-0.25, -0.2) is 0 Å². The second-order valence-corrected chi connectivity index (χ2v) is 6.40. The molecule has 2 amide bonds. The minimum atomic E-state index is -0.529. The molecule has 0 aromatic heterocycles. The van der Waals surface area contributed by atoms with E-state index in [-0.39, 0.29) is 17.7 Å². The minimum absolute atomic E-state index is 0.0414. The Labute approximate surface area is 138 Å². The summed E-state index contributed by atoms with van der Waals surface area (Å²) in [4.78, 5) is 24.5. The Hall–Kier alpha value is -1.88. The first kappa shape index (κ1) is 17.5. The Morgan fingerprint density at radius 3 is 2.57 bits per heavy atom. The predicted octanol–water partition coefficient (Wildman–Crippen LogP) is 3.19. The van der Waals surface area contributed by atoms with E-state index in [1.54, 1.807) is 0 Å². The van der Waals surface area contributed by atoms with Gasteiger partial charge in [0.1, 0.15) is 0 Å². The molecule has 23 heavy (non-hydrogen) atoms. The maximum absolute atomic E-state index is 12.3. The molecule has 0 unspecified atom stereocenters. The minimum Gasteiger partial charge on any atom is -0.324 e. The highest BCUT2D eigenvalue weighted by Gasteiger charge is 2.23. The maximum atomic E-state index is 12.3. The second-order valence-electron chi connectivity index (χ2n) is 6.40. The van der Waals surface area contributed by atoms with Crippen LogP contribution in [0.2, 0.25) is 0 Å². The molecule has 0 heterocycles. The number of rotatable bonds is 6. The maximum Gasteiger partial charge on any atom is 0.241 e. The van der Waals surface area contributed by atoms with Gasteiger partial charge in [0.25, 0.3) is 0 Å². The Bertz CT molecular complexity index is 565. The average molecular weight is 317 g/mol. The second kappa shape index (κ2) is 8.11. The monoisotopic (exact) mass is 317 g/mol. The zero-order valence-corrected chi connectivity index (χ0v) is 14.0. The summed E-state index contributed by atoms with van der Waals surface area (Å²) in [6.45, 7) is 3.94. The molecule has 1 aromatic rings. The first-order valence-corrected chi connectivity index (χ1v) is 8.49. The van der Waals surface area contributed by atoms with E-state index in [1.165, 1.54) is 0 Å². The van der Waals surface area contributed by atoms with Crippen LogP contribution in [0.4, 0.5) is 11.4 Å². The molecular weight excluding hydrogens is 290 g/mol. The molecule has 4 N–H and O–H groups in total. The Balaban J connectivity index is 2.10. The summed E-state index contributed by atoms with van der Waals surface area (Å²) in [6, 6.07) is 5.09. The zero-order valence-electron chi connectivity index (χ0n) is 14.0. The van der Waals surface area contributed by atoms with Gasteiger partial charge in [0.05, 0.1) is 17.4 Å². The molecule has 0 aliphatic heterocycles. The number of amides is 2. The third-order valence-electron chi connectivity index (χ3n) is 4.35. The topological polar surface area (TPSA) is 84.2 Å². The Kier molecular flexibility index (Phi) is 6.16. The summed E-state index contributed by atoms with van der Waals surface area (Å²) in [7, 11) is 0. The third kappa shape index (κ3) is 4.79. The number of hydrogen-bond acceptors (Lipinski definition) is 3. The van der Waals surface area contributed by atoms with Crippen molar-refractivity contribution in [3.8, 4) is 0 Å².